The van der Waals surface area contributed by atoms with Gasteiger partial charge in [-0.1, -0.05) is 6.42 Å². The molecular weight excluding hydrogens is 360 g/mol. The third-order valence-corrected chi connectivity index (χ3v) is 5.74. The molecule has 2 fully saturated rings. The largest absolute Gasteiger partial charge is 0.448 e. The van der Waals surface area contributed by atoms with Crippen LogP contribution in [0.15, 0.2) is 22.6 Å². The third-order valence-electron chi connectivity index (χ3n) is 5.74. The van der Waals surface area contributed by atoms with Crippen LogP contribution < -0.4 is 14.8 Å². The summed E-state index contributed by atoms with van der Waals surface area (Å²) in [4.78, 5) is 14.6. The Labute approximate surface area is 163 Å². The number of carbonyl (C=O) groups excluding carboxylic acids is 1. The molecule has 5 rings (SSSR count). The quantitative estimate of drug-likeness (QED) is 0.835. The number of nitrogens with zero attached hydrogens (tertiary/aromatic N) is 3. The molecular formula is C20H24N4O4. The van der Waals surface area contributed by atoms with Crippen LogP contribution >= 0.6 is 0 Å². The van der Waals surface area contributed by atoms with E-state index >= 15 is 0 Å². The summed E-state index contributed by atoms with van der Waals surface area (Å²) in [5.41, 5.74) is 0.688. The normalized spacial score (nSPS) is 22.6. The van der Waals surface area contributed by atoms with Crippen molar-refractivity contribution in [1.29, 1.82) is 0 Å². The van der Waals surface area contributed by atoms with E-state index in [4.69, 9.17) is 13.9 Å². The molecule has 2 aromatic rings. The van der Waals surface area contributed by atoms with Crippen LogP contribution in [-0.4, -0.2) is 33.5 Å². The van der Waals surface area contributed by atoms with E-state index in [2.05, 4.69) is 15.5 Å². The van der Waals surface area contributed by atoms with Crippen LogP contribution in [-0.2, 0) is 0 Å². The molecule has 2 aliphatic heterocycles. The number of amides is 2. The maximum atomic E-state index is 12.9. The number of urea groups is 1. The molecule has 1 aromatic carbocycles. The number of nitrogens with one attached hydrogen (secondary N) is 1. The van der Waals surface area contributed by atoms with Crippen LogP contribution in [0.5, 0.6) is 11.5 Å². The molecule has 1 aromatic heterocycles. The monoisotopic (exact) mass is 384 g/mol. The number of hydrogen-bond acceptors (Lipinski definition) is 6. The van der Waals surface area contributed by atoms with Crippen LogP contribution in [0.2, 0.25) is 0 Å². The second-order valence-electron chi connectivity index (χ2n) is 7.78. The van der Waals surface area contributed by atoms with Gasteiger partial charge in [-0.05, 0) is 37.8 Å². The smallest absolute Gasteiger partial charge is 0.322 e. The van der Waals surface area contributed by atoms with Gasteiger partial charge in [-0.15, -0.1) is 10.2 Å². The van der Waals surface area contributed by atoms with Gasteiger partial charge < -0.3 is 24.1 Å². The van der Waals surface area contributed by atoms with E-state index in [1.54, 1.807) is 11.8 Å². The van der Waals surface area contributed by atoms with E-state index in [1.165, 1.54) is 6.42 Å². The lowest BCUT2D eigenvalue weighted by Crippen LogP contribution is -2.40. The van der Waals surface area contributed by atoms with E-state index in [1.807, 2.05) is 18.2 Å². The predicted molar refractivity (Wildman–Crippen MR) is 100 cm³/mol. The van der Waals surface area contributed by atoms with Crippen molar-refractivity contribution in [2.75, 3.05) is 11.9 Å². The number of rotatable bonds is 2. The Morgan fingerprint density at radius 1 is 1.14 bits per heavy atom. The number of benzene rings is 1. The lowest BCUT2D eigenvalue weighted by Gasteiger charge is -2.31. The van der Waals surface area contributed by atoms with Gasteiger partial charge in [0.15, 0.2) is 11.5 Å². The Morgan fingerprint density at radius 2 is 1.96 bits per heavy atom. The second kappa shape index (κ2) is 6.68. The van der Waals surface area contributed by atoms with Crippen LogP contribution in [0.1, 0.15) is 62.8 Å². The first kappa shape index (κ1) is 17.3. The molecule has 8 nitrogen and oxygen atoms in total. The molecule has 0 bridgehead atoms. The Balaban J connectivity index is 1.29. The van der Waals surface area contributed by atoms with Crippen LogP contribution in [0.25, 0.3) is 0 Å². The first-order valence-electron chi connectivity index (χ1n) is 10.0. The van der Waals surface area contributed by atoms with Gasteiger partial charge in [0, 0.05) is 38.1 Å². The molecule has 1 saturated heterocycles. The maximum Gasteiger partial charge on any atom is 0.322 e. The minimum absolute atomic E-state index is 0.176. The van der Waals surface area contributed by atoms with Gasteiger partial charge >= 0.3 is 6.03 Å². The van der Waals surface area contributed by atoms with Gasteiger partial charge in [0.25, 0.3) is 5.79 Å². The van der Waals surface area contributed by atoms with E-state index in [-0.39, 0.29) is 12.1 Å². The van der Waals surface area contributed by atoms with Crippen LogP contribution in [0.3, 0.4) is 0 Å². The van der Waals surface area contributed by atoms with Crippen molar-refractivity contribution < 1.29 is 18.7 Å². The molecule has 2 amide bonds. The highest BCUT2D eigenvalue weighted by Crippen LogP contribution is 2.46. The van der Waals surface area contributed by atoms with Crippen molar-refractivity contribution in [3.63, 3.8) is 0 Å². The van der Waals surface area contributed by atoms with E-state index < -0.39 is 5.79 Å². The SMILES string of the molecule is Cc1nnc([C@@H]2CCCN2C(=O)Nc2ccc3c(c2)OC2(CCCCC2)O3)o1. The fraction of sp³-hybridized carbons (Fsp3) is 0.550. The van der Waals surface area contributed by atoms with Gasteiger partial charge in [0.2, 0.25) is 11.8 Å². The third kappa shape index (κ3) is 3.06. The van der Waals surface area contributed by atoms with Crippen molar-refractivity contribution in [2.24, 2.45) is 0 Å². The van der Waals surface area contributed by atoms with Crippen molar-refractivity contribution in [1.82, 2.24) is 15.1 Å². The van der Waals surface area contributed by atoms with Crippen LogP contribution in [0.4, 0.5) is 10.5 Å². The summed E-state index contributed by atoms with van der Waals surface area (Å²) in [5, 5.41) is 10.9. The number of carbonyl (C=O) groups is 1. The fourth-order valence-electron chi connectivity index (χ4n) is 4.37. The summed E-state index contributed by atoms with van der Waals surface area (Å²) in [7, 11) is 0. The molecule has 1 saturated carbocycles. The van der Waals surface area contributed by atoms with E-state index in [0.29, 0.717) is 29.8 Å². The summed E-state index contributed by atoms with van der Waals surface area (Å²) in [6.07, 6.45) is 6.99. The van der Waals surface area contributed by atoms with Gasteiger partial charge in [-0.2, -0.15) is 0 Å². The summed E-state index contributed by atoms with van der Waals surface area (Å²) in [6, 6.07) is 5.21. The molecule has 1 spiro atoms. The number of hydrogen-bond donors (Lipinski definition) is 1. The summed E-state index contributed by atoms with van der Waals surface area (Å²) >= 11 is 0. The molecule has 148 valence electrons. The molecule has 28 heavy (non-hydrogen) atoms. The van der Waals surface area contributed by atoms with Crippen molar-refractivity contribution in [3.8, 4) is 11.5 Å². The molecule has 1 atom stereocenters. The average Bonchev–Trinajstić information content (AvgIpc) is 3.39. The predicted octanol–water partition coefficient (Wildman–Crippen LogP) is 4.18. The van der Waals surface area contributed by atoms with Crippen LogP contribution in [0, 0.1) is 6.92 Å². The van der Waals surface area contributed by atoms with Gasteiger partial charge in [0.05, 0.1) is 0 Å². The lowest BCUT2D eigenvalue weighted by atomic mass is 9.94. The van der Waals surface area contributed by atoms with E-state index in [0.717, 1.165) is 44.3 Å². The number of aryl methyl sites for hydroxylation is 1. The summed E-state index contributed by atoms with van der Waals surface area (Å²) < 4.78 is 17.8. The molecule has 0 unspecified atom stereocenters. The molecule has 1 N–H and O–H groups in total. The lowest BCUT2D eigenvalue weighted by molar-refractivity contribution is -0.105. The first-order chi connectivity index (χ1) is 13.6. The minimum atomic E-state index is -0.515. The Hall–Kier alpha value is -2.77. The second-order valence-corrected chi connectivity index (χ2v) is 7.78. The standard InChI is InChI=1S/C20H24N4O4/c1-13-22-23-18(26-13)15-6-5-11-24(15)19(25)21-14-7-8-16-17(12-14)28-20(27-16)9-3-2-4-10-20/h7-8,12,15H,2-6,9-11H2,1H3,(H,21,25)/t15-/m0/s1. The highest BCUT2D eigenvalue weighted by atomic mass is 16.7. The minimum Gasteiger partial charge on any atom is -0.448 e. The number of ether oxygens (including phenoxy) is 2. The van der Waals surface area contributed by atoms with E-state index in [9.17, 15) is 4.79 Å². The number of fused-ring (bicyclic) bond motifs is 1. The zero-order chi connectivity index (χ0) is 19.1. The topological polar surface area (TPSA) is 89.7 Å². The molecule has 8 heteroatoms. The summed E-state index contributed by atoms with van der Waals surface area (Å²) in [5.74, 6) is 1.94. The van der Waals surface area contributed by atoms with Crippen molar-refractivity contribution in [3.05, 3.63) is 30.0 Å². The highest BCUT2D eigenvalue weighted by molar-refractivity contribution is 5.90. The highest BCUT2D eigenvalue weighted by Gasteiger charge is 2.42. The molecule has 3 aliphatic rings. The molecule has 0 radical (unpaired) electrons. The maximum absolute atomic E-state index is 12.9. The number of likely N-dealkylation sites (tertiary alicyclic amines) is 1. The number of anilines is 1. The Bertz CT molecular complexity index is 890. The fourth-order valence-corrected chi connectivity index (χ4v) is 4.37. The molecule has 1 aliphatic carbocycles. The first-order valence-corrected chi connectivity index (χ1v) is 10.0. The van der Waals surface area contributed by atoms with Gasteiger partial charge in [0.1, 0.15) is 6.04 Å². The number of aromatic nitrogens is 2. The van der Waals surface area contributed by atoms with Crippen molar-refractivity contribution in [2.45, 2.75) is 63.7 Å². The Kier molecular flexibility index (Phi) is 4.14. The summed E-state index contributed by atoms with van der Waals surface area (Å²) in [6.45, 7) is 2.41. The van der Waals surface area contributed by atoms with Crippen molar-refractivity contribution >= 4 is 11.7 Å². The molecule has 3 heterocycles. The average molecular weight is 384 g/mol. The Morgan fingerprint density at radius 3 is 2.75 bits per heavy atom. The van der Waals surface area contributed by atoms with Gasteiger partial charge in [-0.3, -0.25) is 0 Å². The zero-order valence-corrected chi connectivity index (χ0v) is 15.9. The zero-order valence-electron chi connectivity index (χ0n) is 15.9. The van der Waals surface area contributed by atoms with Gasteiger partial charge in [-0.25, -0.2) is 4.79 Å².